The van der Waals surface area contributed by atoms with Crippen LogP contribution in [0.25, 0.3) is 10.4 Å². The van der Waals surface area contributed by atoms with Crippen LogP contribution in [0.15, 0.2) is 12.1 Å². The number of rotatable bonds is 6. The topological polar surface area (TPSA) is 71.5 Å². The molecule has 1 aliphatic carbocycles. The highest BCUT2D eigenvalue weighted by molar-refractivity contribution is 7.70. The summed E-state index contributed by atoms with van der Waals surface area (Å²) in [5, 5.41) is 5.01. The molecule has 0 spiro atoms. The van der Waals surface area contributed by atoms with Crippen LogP contribution in [0, 0.1) is 12.8 Å². The summed E-state index contributed by atoms with van der Waals surface area (Å²) in [6.45, 7) is 9.70. The number of fused-ring (bicyclic) bond motifs is 1. The molecular formula is C22H28N3O3PS. The Bertz CT molecular complexity index is 1070. The minimum absolute atomic E-state index is 0.0447. The summed E-state index contributed by atoms with van der Waals surface area (Å²) in [5.74, 6) is 0.650. The molecule has 3 heterocycles. The molecule has 0 radical (unpaired) electrons. The number of ether oxygens (including phenoxy) is 1. The van der Waals surface area contributed by atoms with Gasteiger partial charge in [0.1, 0.15) is 7.14 Å². The molecule has 1 atom stereocenters. The molecule has 5 rings (SSSR count). The van der Waals surface area contributed by atoms with Gasteiger partial charge in [-0.1, -0.05) is 11.3 Å². The first-order chi connectivity index (χ1) is 14.2. The molecule has 0 bridgehead atoms. The number of aromatic nitrogens is 1. The molecule has 1 saturated heterocycles. The fourth-order valence-electron chi connectivity index (χ4n) is 4.39. The predicted molar refractivity (Wildman–Crippen MR) is 122 cm³/mol. The Morgan fingerprint density at radius 3 is 2.63 bits per heavy atom. The van der Waals surface area contributed by atoms with Gasteiger partial charge in [0.2, 0.25) is 0 Å². The average Bonchev–Trinajstić information content (AvgIpc) is 3.36. The zero-order valence-electron chi connectivity index (χ0n) is 17.9. The number of nitrogens with one attached hydrogen (secondary N) is 1. The average molecular weight is 446 g/mol. The lowest BCUT2D eigenvalue weighted by atomic mass is 10.0. The number of benzene rings is 1. The molecule has 1 amide bonds. The number of thiazole rings is 1. The van der Waals surface area contributed by atoms with Gasteiger partial charge in [-0.05, 0) is 69.2 Å². The number of aryl methyl sites for hydroxylation is 1. The standard InChI is InChI=1S/C22H28N3O3PS/c1-12-20(30-22(23-12)24-17-10-28-11-17)15-7-16-9-25(13(2)14-5-6-14)21(26)19(16)18(8-15)29(3,4)27/h7-8,13-14,17H,5-6,9-11H2,1-4H3,(H,23,24). The van der Waals surface area contributed by atoms with E-state index in [0.717, 1.165) is 26.8 Å². The van der Waals surface area contributed by atoms with Crippen molar-refractivity contribution in [2.45, 2.75) is 45.3 Å². The van der Waals surface area contributed by atoms with Crippen molar-refractivity contribution in [2.24, 2.45) is 5.92 Å². The van der Waals surface area contributed by atoms with Crippen LogP contribution in [-0.4, -0.2) is 54.4 Å². The van der Waals surface area contributed by atoms with Crippen molar-refractivity contribution in [1.82, 2.24) is 9.88 Å². The molecule has 1 N–H and O–H groups in total. The third kappa shape index (κ3) is 3.51. The van der Waals surface area contributed by atoms with Gasteiger partial charge in [0.15, 0.2) is 5.13 Å². The Kier molecular flexibility index (Phi) is 4.84. The van der Waals surface area contributed by atoms with Gasteiger partial charge in [-0.2, -0.15) is 0 Å². The first-order valence-electron chi connectivity index (χ1n) is 10.6. The molecular weight excluding hydrogens is 417 g/mol. The number of amides is 1. The van der Waals surface area contributed by atoms with E-state index in [2.05, 4.69) is 23.3 Å². The Hall–Kier alpha value is -1.69. The van der Waals surface area contributed by atoms with Crippen molar-refractivity contribution in [1.29, 1.82) is 0 Å². The van der Waals surface area contributed by atoms with E-state index >= 15 is 0 Å². The quantitative estimate of drug-likeness (QED) is 0.682. The number of nitrogens with zero attached hydrogens (tertiary/aromatic N) is 2. The van der Waals surface area contributed by atoms with Crippen molar-refractivity contribution in [3.05, 3.63) is 29.0 Å². The highest BCUT2D eigenvalue weighted by Gasteiger charge is 2.41. The maximum atomic E-state index is 13.3. The predicted octanol–water partition coefficient (Wildman–Crippen LogP) is 3.93. The fraction of sp³-hybridized carbons (Fsp3) is 0.545. The van der Waals surface area contributed by atoms with E-state index in [9.17, 15) is 9.36 Å². The summed E-state index contributed by atoms with van der Waals surface area (Å²) in [6, 6.07) is 4.64. The summed E-state index contributed by atoms with van der Waals surface area (Å²) in [7, 11) is -2.63. The van der Waals surface area contributed by atoms with Crippen molar-refractivity contribution < 1.29 is 14.1 Å². The smallest absolute Gasteiger partial charge is 0.255 e. The molecule has 1 aromatic carbocycles. The van der Waals surface area contributed by atoms with Crippen molar-refractivity contribution >= 4 is 34.8 Å². The number of hydrogen-bond donors (Lipinski definition) is 1. The second kappa shape index (κ2) is 7.18. The van der Waals surface area contributed by atoms with Gasteiger partial charge in [-0.3, -0.25) is 4.79 Å². The van der Waals surface area contributed by atoms with Crippen molar-refractivity contribution in [3.63, 3.8) is 0 Å². The molecule has 1 unspecified atom stereocenters. The Balaban J connectivity index is 1.55. The number of carbonyl (C=O) groups is 1. The monoisotopic (exact) mass is 445 g/mol. The third-order valence-electron chi connectivity index (χ3n) is 6.42. The lowest BCUT2D eigenvalue weighted by Crippen LogP contribution is -2.40. The van der Waals surface area contributed by atoms with E-state index < -0.39 is 7.14 Å². The molecule has 1 aromatic heterocycles. The van der Waals surface area contributed by atoms with Crippen LogP contribution < -0.4 is 10.6 Å². The Morgan fingerprint density at radius 1 is 1.30 bits per heavy atom. The molecule has 1 saturated carbocycles. The van der Waals surface area contributed by atoms with Crippen LogP contribution in [0.3, 0.4) is 0 Å². The molecule has 2 aromatic rings. The van der Waals surface area contributed by atoms with E-state index in [1.54, 1.807) is 24.7 Å². The van der Waals surface area contributed by atoms with Gasteiger partial charge in [-0.25, -0.2) is 4.98 Å². The van der Waals surface area contributed by atoms with Gasteiger partial charge >= 0.3 is 0 Å². The molecule has 2 aliphatic heterocycles. The normalized spacial score (nSPS) is 20.3. The lowest BCUT2D eigenvalue weighted by molar-refractivity contribution is 0.0211. The highest BCUT2D eigenvalue weighted by atomic mass is 32.1. The van der Waals surface area contributed by atoms with E-state index in [4.69, 9.17) is 4.74 Å². The third-order valence-corrected chi connectivity index (χ3v) is 9.07. The SMILES string of the molecule is Cc1nc(NC2COC2)sc1-c1cc2c(c(P(C)(C)=O)c1)C(=O)N(C(C)C1CC1)C2. The fourth-order valence-corrected chi connectivity index (χ4v) is 6.65. The first-order valence-corrected chi connectivity index (χ1v) is 14.0. The van der Waals surface area contributed by atoms with E-state index in [-0.39, 0.29) is 11.9 Å². The van der Waals surface area contributed by atoms with Gasteiger partial charge in [-0.15, -0.1) is 0 Å². The molecule has 2 fully saturated rings. The van der Waals surface area contributed by atoms with Crippen molar-refractivity contribution in [2.75, 3.05) is 31.9 Å². The van der Waals surface area contributed by atoms with Gasteiger partial charge < -0.3 is 19.5 Å². The first kappa shape index (κ1) is 20.2. The Morgan fingerprint density at radius 2 is 2.03 bits per heavy atom. The summed E-state index contributed by atoms with van der Waals surface area (Å²) in [4.78, 5) is 21.0. The van der Waals surface area contributed by atoms with Crippen molar-refractivity contribution in [3.8, 4) is 10.4 Å². The Labute approximate surface area is 181 Å². The molecule has 3 aliphatic rings. The summed E-state index contributed by atoms with van der Waals surface area (Å²) < 4.78 is 18.4. The second-order valence-electron chi connectivity index (χ2n) is 9.20. The van der Waals surface area contributed by atoms with E-state index in [1.165, 1.54) is 12.8 Å². The lowest BCUT2D eigenvalue weighted by Gasteiger charge is -2.26. The van der Waals surface area contributed by atoms with E-state index in [1.807, 2.05) is 17.9 Å². The number of carbonyl (C=O) groups excluding carboxylic acids is 1. The largest absolute Gasteiger partial charge is 0.377 e. The van der Waals surface area contributed by atoms with Gasteiger partial charge in [0.25, 0.3) is 5.91 Å². The molecule has 30 heavy (non-hydrogen) atoms. The molecule has 6 nitrogen and oxygen atoms in total. The highest BCUT2D eigenvalue weighted by Crippen LogP contribution is 2.44. The van der Waals surface area contributed by atoms with Gasteiger partial charge in [0.05, 0.1) is 35.4 Å². The van der Waals surface area contributed by atoms with Gasteiger partial charge in [0, 0.05) is 17.9 Å². The maximum Gasteiger partial charge on any atom is 0.255 e. The summed E-state index contributed by atoms with van der Waals surface area (Å²) in [5.41, 5.74) is 3.63. The minimum Gasteiger partial charge on any atom is -0.377 e. The van der Waals surface area contributed by atoms with Crippen LogP contribution in [0.4, 0.5) is 5.13 Å². The number of hydrogen-bond acceptors (Lipinski definition) is 6. The molecule has 8 heteroatoms. The van der Waals surface area contributed by atoms with E-state index in [0.29, 0.717) is 42.6 Å². The second-order valence-corrected chi connectivity index (χ2v) is 13.4. The van der Waals surface area contributed by atoms with Crippen LogP contribution in [0.5, 0.6) is 0 Å². The van der Waals surface area contributed by atoms with Crippen LogP contribution in [0.2, 0.25) is 0 Å². The van der Waals surface area contributed by atoms with Crippen LogP contribution in [0.1, 0.15) is 41.4 Å². The van der Waals surface area contributed by atoms with Crippen LogP contribution >= 0.6 is 18.5 Å². The zero-order chi connectivity index (χ0) is 21.2. The molecule has 160 valence electrons. The number of anilines is 1. The van der Waals surface area contributed by atoms with Crippen LogP contribution in [-0.2, 0) is 15.8 Å². The summed E-state index contributed by atoms with van der Waals surface area (Å²) >= 11 is 1.61. The zero-order valence-corrected chi connectivity index (χ0v) is 19.6. The minimum atomic E-state index is -2.63. The maximum absolute atomic E-state index is 13.3. The summed E-state index contributed by atoms with van der Waals surface area (Å²) in [6.07, 6.45) is 2.39.